The maximum atomic E-state index is 11.5. The molecule has 0 saturated heterocycles. The van der Waals surface area contributed by atoms with Crippen molar-refractivity contribution in [2.24, 2.45) is 0 Å². The number of H-pyrrole nitrogens is 1. The van der Waals surface area contributed by atoms with E-state index in [1.165, 1.54) is 6.07 Å². The van der Waals surface area contributed by atoms with Gasteiger partial charge in [0.1, 0.15) is 11.9 Å². The average Bonchev–Trinajstić information content (AvgIpc) is 2.73. The van der Waals surface area contributed by atoms with Gasteiger partial charge in [0.2, 0.25) is 5.56 Å². The van der Waals surface area contributed by atoms with Crippen LogP contribution in [0.25, 0.3) is 10.9 Å². The van der Waals surface area contributed by atoms with Crippen LogP contribution in [0.5, 0.6) is 5.75 Å². The van der Waals surface area contributed by atoms with Crippen LogP contribution in [0.2, 0.25) is 0 Å². The highest BCUT2D eigenvalue weighted by molar-refractivity contribution is 5.79. The second kappa shape index (κ2) is 8.62. The van der Waals surface area contributed by atoms with Crippen LogP contribution in [0, 0.1) is 11.3 Å². The van der Waals surface area contributed by atoms with Gasteiger partial charge in [0.05, 0.1) is 11.5 Å². The van der Waals surface area contributed by atoms with Gasteiger partial charge >= 0.3 is 0 Å². The van der Waals surface area contributed by atoms with Crippen LogP contribution in [0.3, 0.4) is 0 Å². The summed E-state index contributed by atoms with van der Waals surface area (Å²) in [7, 11) is 0. The predicted octanol–water partition coefficient (Wildman–Crippen LogP) is 5.58. The number of fused-ring (bicyclic) bond motifs is 1. The molecule has 0 radical (unpaired) electrons. The number of pyridine rings is 1. The van der Waals surface area contributed by atoms with Gasteiger partial charge in [-0.05, 0) is 66.6 Å². The molecule has 0 fully saturated rings. The maximum Gasteiger partial charge on any atom is 0.248 e. The lowest BCUT2D eigenvalue weighted by atomic mass is 9.76. The van der Waals surface area contributed by atoms with Crippen LogP contribution in [-0.2, 0) is 5.41 Å². The Kier molecular flexibility index (Phi) is 5.99. The van der Waals surface area contributed by atoms with Crippen molar-refractivity contribution in [2.75, 3.05) is 0 Å². The first-order valence-corrected chi connectivity index (χ1v) is 9.54. The molecule has 0 bridgehead atoms. The molecule has 1 atom stereocenters. The highest BCUT2D eigenvalue weighted by Gasteiger charge is 2.30. The Bertz CT molecular complexity index is 1130. The zero-order valence-electron chi connectivity index (χ0n) is 16.5. The van der Waals surface area contributed by atoms with Crippen LogP contribution in [0.15, 0.2) is 84.7 Å². The fraction of sp³-hybridized carbons (Fsp3) is 0.200. The van der Waals surface area contributed by atoms with Crippen molar-refractivity contribution in [3.63, 3.8) is 0 Å². The number of hydrogen-bond acceptors (Lipinski definition) is 3. The Balaban J connectivity index is 1.88. The third-order valence-electron chi connectivity index (χ3n) is 5.12. The van der Waals surface area contributed by atoms with E-state index in [4.69, 9.17) is 4.74 Å². The van der Waals surface area contributed by atoms with E-state index < -0.39 is 5.41 Å². The number of benzene rings is 2. The number of aromatic nitrogens is 1. The van der Waals surface area contributed by atoms with Crippen molar-refractivity contribution in [3.05, 3.63) is 101 Å². The minimum atomic E-state index is -0.694. The molecule has 0 aliphatic carbocycles. The average molecular weight is 384 g/mol. The van der Waals surface area contributed by atoms with E-state index in [9.17, 15) is 10.1 Å². The maximum absolute atomic E-state index is 11.5. The van der Waals surface area contributed by atoms with Gasteiger partial charge in [-0.2, -0.15) is 5.26 Å². The van der Waals surface area contributed by atoms with E-state index in [0.29, 0.717) is 18.6 Å². The molecule has 1 N–H and O–H groups in total. The van der Waals surface area contributed by atoms with Gasteiger partial charge in [-0.3, -0.25) is 4.79 Å². The Hall–Kier alpha value is -3.58. The summed E-state index contributed by atoms with van der Waals surface area (Å²) in [5.74, 6) is 0.698. The topological polar surface area (TPSA) is 65.9 Å². The third kappa shape index (κ3) is 4.30. The number of ether oxygens (including phenoxy) is 1. The van der Waals surface area contributed by atoms with Gasteiger partial charge in [0.25, 0.3) is 0 Å². The highest BCUT2D eigenvalue weighted by Crippen LogP contribution is 2.35. The van der Waals surface area contributed by atoms with Gasteiger partial charge in [0, 0.05) is 11.6 Å². The summed E-state index contributed by atoms with van der Waals surface area (Å²) in [6.45, 7) is 9.58. The van der Waals surface area contributed by atoms with Crippen molar-refractivity contribution >= 4 is 10.9 Å². The van der Waals surface area contributed by atoms with E-state index >= 15 is 0 Å². The van der Waals surface area contributed by atoms with Crippen molar-refractivity contribution in [1.82, 2.24) is 4.98 Å². The second-order valence-electron chi connectivity index (χ2n) is 7.14. The molecule has 3 aromatic rings. The van der Waals surface area contributed by atoms with Crippen LogP contribution in [-0.4, -0.2) is 4.98 Å². The lowest BCUT2D eigenvalue weighted by molar-refractivity contribution is 0.226. The molecule has 29 heavy (non-hydrogen) atoms. The quantitative estimate of drug-likeness (QED) is 0.515. The summed E-state index contributed by atoms with van der Waals surface area (Å²) in [6.07, 6.45) is 4.41. The minimum absolute atomic E-state index is 0.119. The molecular formula is C25H24N2O2. The van der Waals surface area contributed by atoms with Gasteiger partial charge in [0.15, 0.2) is 0 Å². The van der Waals surface area contributed by atoms with Crippen molar-refractivity contribution in [3.8, 4) is 11.8 Å². The number of nitrogens with one attached hydrogen (secondary N) is 1. The summed E-state index contributed by atoms with van der Waals surface area (Å²) >= 11 is 0. The van der Waals surface area contributed by atoms with Crippen LogP contribution in [0.1, 0.15) is 37.0 Å². The smallest absolute Gasteiger partial charge is 0.248 e. The standard InChI is InChI=1S/C25H24N2O2/c1-4-13-25(17-26,14-5-2)21-7-6-8-22(16-21)29-18(3)19-9-11-23-20(15-19)10-12-24(28)27-23/h4-12,15-16,18H,1-2,13-14H2,3H3,(H,27,28). The molecule has 0 amide bonds. The fourth-order valence-electron chi connectivity index (χ4n) is 3.53. The van der Waals surface area contributed by atoms with E-state index in [-0.39, 0.29) is 11.7 Å². The Morgan fingerprint density at radius 2 is 1.90 bits per heavy atom. The number of hydrogen-bond donors (Lipinski definition) is 1. The normalized spacial score (nSPS) is 12.1. The fourth-order valence-corrected chi connectivity index (χ4v) is 3.53. The molecule has 146 valence electrons. The van der Waals surface area contributed by atoms with Gasteiger partial charge in [-0.15, -0.1) is 13.2 Å². The molecule has 0 saturated carbocycles. The summed E-state index contributed by atoms with van der Waals surface area (Å²) in [4.78, 5) is 14.3. The number of nitrogens with zero attached hydrogens (tertiary/aromatic N) is 1. The molecule has 4 nitrogen and oxygen atoms in total. The molecule has 0 aliphatic rings. The highest BCUT2D eigenvalue weighted by atomic mass is 16.5. The van der Waals surface area contributed by atoms with Crippen LogP contribution < -0.4 is 10.3 Å². The molecular weight excluding hydrogens is 360 g/mol. The van der Waals surface area contributed by atoms with Gasteiger partial charge in [-0.25, -0.2) is 0 Å². The minimum Gasteiger partial charge on any atom is -0.486 e. The third-order valence-corrected chi connectivity index (χ3v) is 5.12. The summed E-state index contributed by atoms with van der Waals surface area (Å²) in [5.41, 5.74) is 1.87. The molecule has 4 heteroatoms. The number of aromatic amines is 1. The first kappa shape index (κ1) is 20.2. The van der Waals surface area contributed by atoms with E-state index in [2.05, 4.69) is 24.2 Å². The summed E-state index contributed by atoms with van der Waals surface area (Å²) < 4.78 is 6.18. The van der Waals surface area contributed by atoms with Crippen LogP contribution >= 0.6 is 0 Å². The van der Waals surface area contributed by atoms with Crippen molar-refractivity contribution < 1.29 is 4.74 Å². The lowest BCUT2D eigenvalue weighted by Crippen LogP contribution is -2.22. The summed E-state index contributed by atoms with van der Waals surface area (Å²) in [5, 5.41) is 10.8. The lowest BCUT2D eigenvalue weighted by Gasteiger charge is -2.25. The Morgan fingerprint density at radius 3 is 2.59 bits per heavy atom. The number of rotatable bonds is 8. The number of nitriles is 1. The number of allylic oxidation sites excluding steroid dienone is 2. The van der Waals surface area contributed by atoms with Gasteiger partial charge < -0.3 is 9.72 Å². The molecule has 2 aromatic carbocycles. The predicted molar refractivity (Wildman–Crippen MR) is 117 cm³/mol. The van der Waals surface area contributed by atoms with Crippen LogP contribution in [0.4, 0.5) is 0 Å². The summed E-state index contributed by atoms with van der Waals surface area (Å²) in [6, 6.07) is 19.3. The zero-order valence-corrected chi connectivity index (χ0v) is 16.5. The van der Waals surface area contributed by atoms with E-state index in [1.807, 2.05) is 49.4 Å². The van der Waals surface area contributed by atoms with E-state index in [1.54, 1.807) is 18.2 Å². The van der Waals surface area contributed by atoms with E-state index in [0.717, 1.165) is 22.0 Å². The Morgan fingerprint density at radius 1 is 1.14 bits per heavy atom. The SMILES string of the molecule is C=CCC(C#N)(CC=C)c1cccc(OC(C)c2ccc3[nH]c(=O)ccc3c2)c1. The molecule has 3 rings (SSSR count). The molecule has 0 aliphatic heterocycles. The van der Waals surface area contributed by atoms with Crippen molar-refractivity contribution in [2.45, 2.75) is 31.3 Å². The largest absolute Gasteiger partial charge is 0.486 e. The second-order valence-corrected chi connectivity index (χ2v) is 7.14. The first-order valence-electron chi connectivity index (χ1n) is 9.54. The Labute approximate surface area is 170 Å². The molecule has 1 aromatic heterocycles. The zero-order chi connectivity index (χ0) is 20.9. The molecule has 1 unspecified atom stereocenters. The first-order chi connectivity index (χ1) is 14.0. The molecule has 1 heterocycles. The van der Waals surface area contributed by atoms with Gasteiger partial charge in [-0.1, -0.05) is 30.4 Å². The monoisotopic (exact) mass is 384 g/mol. The van der Waals surface area contributed by atoms with Crippen molar-refractivity contribution in [1.29, 1.82) is 5.26 Å². The molecule has 0 spiro atoms.